The summed E-state index contributed by atoms with van der Waals surface area (Å²) in [5.41, 5.74) is 10.2. The highest BCUT2D eigenvalue weighted by atomic mass is 16.1. The van der Waals surface area contributed by atoms with Crippen LogP contribution in [0.15, 0.2) is 54.6 Å². The van der Waals surface area contributed by atoms with Crippen molar-refractivity contribution < 1.29 is 4.79 Å². The van der Waals surface area contributed by atoms with Crippen LogP contribution in [0.25, 0.3) is 27.9 Å². The summed E-state index contributed by atoms with van der Waals surface area (Å²) in [6.45, 7) is 4.66. The maximum atomic E-state index is 12.9. The fraction of sp³-hybridized carbons (Fsp3) is 0.190. The summed E-state index contributed by atoms with van der Waals surface area (Å²) in [5, 5.41) is 2.94. The number of nitrogens with zero attached hydrogens (tertiary/aromatic N) is 3. The van der Waals surface area contributed by atoms with Crippen molar-refractivity contribution in [3.05, 3.63) is 60.2 Å². The molecule has 4 aromatic rings. The molecule has 4 rings (SSSR count). The van der Waals surface area contributed by atoms with Crippen LogP contribution in [0.1, 0.15) is 24.2 Å². The Kier molecular flexibility index (Phi) is 4.24. The van der Waals surface area contributed by atoms with Gasteiger partial charge < -0.3 is 11.1 Å². The fourth-order valence-electron chi connectivity index (χ4n) is 3.11. The zero-order valence-electron chi connectivity index (χ0n) is 15.3. The molecule has 3 N–H and O–H groups in total. The molecule has 1 amide bonds. The van der Waals surface area contributed by atoms with Crippen molar-refractivity contribution in [2.24, 2.45) is 5.92 Å². The number of nitrogens with two attached hydrogens (primary N) is 1. The van der Waals surface area contributed by atoms with Gasteiger partial charge in [0.15, 0.2) is 5.65 Å². The van der Waals surface area contributed by atoms with Gasteiger partial charge in [0, 0.05) is 12.2 Å². The standard InChI is InChI=1S/C21H21N5O/c1-13(2)12-23-21(27)17-18-20(25-16-11-7-6-10-15(16)24-18)26(19(17)22)14-8-4-3-5-9-14/h3-11,13H,12,22H2,1-2H3,(H,23,27). The molecule has 0 saturated heterocycles. The molecule has 0 unspecified atom stereocenters. The third-order valence-electron chi connectivity index (χ3n) is 4.41. The summed E-state index contributed by atoms with van der Waals surface area (Å²) >= 11 is 0. The van der Waals surface area contributed by atoms with E-state index in [9.17, 15) is 4.79 Å². The van der Waals surface area contributed by atoms with E-state index in [1.165, 1.54) is 0 Å². The molecule has 6 nitrogen and oxygen atoms in total. The predicted molar refractivity (Wildman–Crippen MR) is 108 cm³/mol. The molecule has 0 radical (unpaired) electrons. The second kappa shape index (κ2) is 6.72. The Morgan fingerprint density at radius 1 is 1.04 bits per heavy atom. The highest BCUT2D eigenvalue weighted by Crippen LogP contribution is 2.30. The van der Waals surface area contributed by atoms with Crippen molar-refractivity contribution in [1.29, 1.82) is 0 Å². The number of amides is 1. The summed E-state index contributed by atoms with van der Waals surface area (Å²) in [6.07, 6.45) is 0. The number of carbonyl (C=O) groups excluding carboxylic acids is 1. The minimum absolute atomic E-state index is 0.231. The van der Waals surface area contributed by atoms with Crippen molar-refractivity contribution in [3.63, 3.8) is 0 Å². The lowest BCUT2D eigenvalue weighted by Crippen LogP contribution is -2.28. The quantitative estimate of drug-likeness (QED) is 0.583. The van der Waals surface area contributed by atoms with Gasteiger partial charge in [-0.2, -0.15) is 0 Å². The number of anilines is 1. The second-order valence-corrected chi connectivity index (χ2v) is 6.92. The Bertz CT molecular complexity index is 1130. The van der Waals surface area contributed by atoms with E-state index in [0.717, 1.165) is 16.7 Å². The van der Waals surface area contributed by atoms with Crippen molar-refractivity contribution in [3.8, 4) is 5.69 Å². The Labute approximate surface area is 157 Å². The first-order chi connectivity index (χ1) is 13.1. The SMILES string of the molecule is CC(C)CNC(=O)c1c(N)n(-c2ccccc2)c2nc3ccccc3nc12. The number of nitrogen functional groups attached to an aromatic ring is 1. The summed E-state index contributed by atoms with van der Waals surface area (Å²) in [7, 11) is 0. The molecule has 0 atom stereocenters. The van der Waals surface area contributed by atoms with E-state index in [0.29, 0.717) is 35.0 Å². The number of carbonyl (C=O) groups is 1. The Morgan fingerprint density at radius 2 is 1.67 bits per heavy atom. The normalized spacial score (nSPS) is 11.4. The van der Waals surface area contributed by atoms with Crippen LogP contribution in [0.2, 0.25) is 0 Å². The lowest BCUT2D eigenvalue weighted by molar-refractivity contribution is 0.0951. The molecule has 0 fully saturated rings. The maximum absolute atomic E-state index is 12.9. The minimum atomic E-state index is -0.231. The molecule has 0 aliphatic carbocycles. The molecule has 2 aromatic heterocycles. The number of aromatic nitrogens is 3. The van der Waals surface area contributed by atoms with Crippen molar-refractivity contribution in [2.75, 3.05) is 12.3 Å². The minimum Gasteiger partial charge on any atom is -0.384 e. The van der Waals surface area contributed by atoms with Gasteiger partial charge in [-0.3, -0.25) is 9.36 Å². The lowest BCUT2D eigenvalue weighted by Gasteiger charge is -2.09. The van der Waals surface area contributed by atoms with Crippen molar-refractivity contribution >= 4 is 33.9 Å². The van der Waals surface area contributed by atoms with E-state index in [4.69, 9.17) is 15.7 Å². The molecule has 0 aliphatic rings. The maximum Gasteiger partial charge on any atom is 0.257 e. The van der Waals surface area contributed by atoms with Crippen LogP contribution in [0.3, 0.4) is 0 Å². The van der Waals surface area contributed by atoms with Crippen LogP contribution in [0, 0.1) is 5.92 Å². The zero-order valence-corrected chi connectivity index (χ0v) is 15.3. The predicted octanol–water partition coefficient (Wildman–Crippen LogP) is 3.54. The molecular formula is C21H21N5O. The molecular weight excluding hydrogens is 338 g/mol. The van der Waals surface area contributed by atoms with E-state index in [-0.39, 0.29) is 5.91 Å². The smallest absolute Gasteiger partial charge is 0.257 e. The molecule has 6 heteroatoms. The van der Waals surface area contributed by atoms with E-state index >= 15 is 0 Å². The average Bonchev–Trinajstić information content (AvgIpc) is 2.95. The monoisotopic (exact) mass is 359 g/mol. The first-order valence-electron chi connectivity index (χ1n) is 8.96. The van der Waals surface area contributed by atoms with Gasteiger partial charge >= 0.3 is 0 Å². The zero-order chi connectivity index (χ0) is 19.0. The number of hydrogen-bond donors (Lipinski definition) is 2. The van der Waals surface area contributed by atoms with Crippen molar-refractivity contribution in [1.82, 2.24) is 19.9 Å². The molecule has 136 valence electrons. The van der Waals surface area contributed by atoms with Gasteiger partial charge in [0.25, 0.3) is 5.91 Å². The summed E-state index contributed by atoms with van der Waals surface area (Å²) in [5.74, 6) is 0.447. The van der Waals surface area contributed by atoms with Crippen LogP contribution in [0.4, 0.5) is 5.82 Å². The van der Waals surface area contributed by atoms with E-state index < -0.39 is 0 Å². The highest BCUT2D eigenvalue weighted by molar-refractivity contribution is 6.11. The molecule has 0 aliphatic heterocycles. The van der Waals surface area contributed by atoms with Crippen molar-refractivity contribution in [2.45, 2.75) is 13.8 Å². The van der Waals surface area contributed by atoms with E-state index in [2.05, 4.69) is 5.32 Å². The molecule has 2 heterocycles. The summed E-state index contributed by atoms with van der Waals surface area (Å²) < 4.78 is 1.79. The lowest BCUT2D eigenvalue weighted by atomic mass is 10.2. The highest BCUT2D eigenvalue weighted by Gasteiger charge is 2.24. The van der Waals surface area contributed by atoms with E-state index in [1.54, 1.807) is 4.57 Å². The summed E-state index contributed by atoms with van der Waals surface area (Å²) in [6, 6.07) is 17.2. The molecule has 2 aromatic carbocycles. The summed E-state index contributed by atoms with van der Waals surface area (Å²) in [4.78, 5) is 22.4. The van der Waals surface area contributed by atoms with Crippen LogP contribution in [0.5, 0.6) is 0 Å². The van der Waals surface area contributed by atoms with Gasteiger partial charge in [-0.05, 0) is 30.2 Å². The van der Waals surface area contributed by atoms with Crippen LogP contribution >= 0.6 is 0 Å². The molecule has 0 saturated carbocycles. The third kappa shape index (κ3) is 2.99. The number of rotatable bonds is 4. The van der Waals surface area contributed by atoms with Gasteiger partial charge in [0.1, 0.15) is 16.9 Å². The molecule has 27 heavy (non-hydrogen) atoms. The number of nitrogens with one attached hydrogen (secondary N) is 1. The molecule has 0 bridgehead atoms. The van der Waals surface area contributed by atoms with Crippen LogP contribution in [-0.4, -0.2) is 27.0 Å². The average molecular weight is 359 g/mol. The topological polar surface area (TPSA) is 85.8 Å². The van der Waals surface area contributed by atoms with Gasteiger partial charge in [0.2, 0.25) is 0 Å². The first-order valence-corrected chi connectivity index (χ1v) is 8.96. The van der Waals surface area contributed by atoms with Gasteiger partial charge in [-0.15, -0.1) is 0 Å². The largest absolute Gasteiger partial charge is 0.384 e. The third-order valence-corrected chi connectivity index (χ3v) is 4.41. The first kappa shape index (κ1) is 17.0. The Morgan fingerprint density at radius 3 is 2.33 bits per heavy atom. The number of hydrogen-bond acceptors (Lipinski definition) is 4. The van der Waals surface area contributed by atoms with E-state index in [1.807, 2.05) is 68.4 Å². The van der Waals surface area contributed by atoms with Gasteiger partial charge in [0.05, 0.1) is 11.0 Å². The number of fused-ring (bicyclic) bond motifs is 2. The Balaban J connectivity index is 2.00. The second-order valence-electron chi connectivity index (χ2n) is 6.92. The van der Waals surface area contributed by atoms with Crippen LogP contribution < -0.4 is 11.1 Å². The number of benzene rings is 2. The Hall–Kier alpha value is -3.41. The fourth-order valence-corrected chi connectivity index (χ4v) is 3.11. The number of para-hydroxylation sites is 3. The van der Waals surface area contributed by atoms with Gasteiger partial charge in [-0.25, -0.2) is 9.97 Å². The van der Waals surface area contributed by atoms with Gasteiger partial charge in [-0.1, -0.05) is 44.2 Å². The molecule has 0 spiro atoms. The van der Waals surface area contributed by atoms with Crippen LogP contribution in [-0.2, 0) is 0 Å².